The SMILES string of the molecule is COS(=O)(=O)c1ccccc1B1OC(C)(C)C(C)(C)O1. The Morgan fingerprint density at radius 1 is 1.05 bits per heavy atom. The van der Waals surface area contributed by atoms with E-state index in [1.807, 2.05) is 27.7 Å². The summed E-state index contributed by atoms with van der Waals surface area (Å²) in [6.45, 7) is 7.67. The van der Waals surface area contributed by atoms with Gasteiger partial charge in [-0.3, -0.25) is 4.18 Å². The van der Waals surface area contributed by atoms with Crippen LogP contribution in [0.3, 0.4) is 0 Å². The van der Waals surface area contributed by atoms with E-state index in [-0.39, 0.29) is 4.90 Å². The Morgan fingerprint density at radius 3 is 2.05 bits per heavy atom. The van der Waals surface area contributed by atoms with Crippen molar-refractivity contribution in [2.24, 2.45) is 0 Å². The Hall–Kier alpha value is -0.885. The molecule has 0 aliphatic carbocycles. The van der Waals surface area contributed by atoms with Crippen molar-refractivity contribution in [1.29, 1.82) is 0 Å². The molecule has 1 aromatic rings. The zero-order valence-corrected chi connectivity index (χ0v) is 13.2. The summed E-state index contributed by atoms with van der Waals surface area (Å²) in [5, 5.41) is 0. The number of rotatable bonds is 3. The fraction of sp³-hybridized carbons (Fsp3) is 0.538. The molecule has 2 rings (SSSR count). The first-order valence-electron chi connectivity index (χ1n) is 6.36. The van der Waals surface area contributed by atoms with E-state index in [0.29, 0.717) is 5.46 Å². The van der Waals surface area contributed by atoms with Gasteiger partial charge in [0, 0.05) is 5.46 Å². The van der Waals surface area contributed by atoms with Crippen LogP contribution >= 0.6 is 0 Å². The maximum absolute atomic E-state index is 12.0. The van der Waals surface area contributed by atoms with Crippen molar-refractivity contribution in [2.45, 2.75) is 43.8 Å². The van der Waals surface area contributed by atoms with Crippen LogP contribution in [0.4, 0.5) is 0 Å². The summed E-state index contributed by atoms with van der Waals surface area (Å²) in [5.41, 5.74) is -0.601. The number of hydrogen-bond acceptors (Lipinski definition) is 5. The standard InChI is InChI=1S/C13H19BO5S/c1-12(2)13(3,4)19-14(18-12)10-8-6-7-9-11(10)20(15,16)17-5/h6-9H,1-5H3. The lowest BCUT2D eigenvalue weighted by Gasteiger charge is -2.32. The van der Waals surface area contributed by atoms with E-state index in [1.54, 1.807) is 18.2 Å². The molecule has 1 aromatic carbocycles. The van der Waals surface area contributed by atoms with Crippen molar-refractivity contribution < 1.29 is 21.9 Å². The molecule has 0 unspecified atom stereocenters. The fourth-order valence-electron chi connectivity index (χ4n) is 1.96. The van der Waals surface area contributed by atoms with Gasteiger partial charge in [-0.15, -0.1) is 0 Å². The van der Waals surface area contributed by atoms with Crippen molar-refractivity contribution in [3.8, 4) is 0 Å². The highest BCUT2D eigenvalue weighted by Gasteiger charge is 2.52. The molecule has 1 saturated heterocycles. The third-order valence-electron chi connectivity index (χ3n) is 3.91. The van der Waals surface area contributed by atoms with Gasteiger partial charge in [-0.25, -0.2) is 0 Å². The molecule has 20 heavy (non-hydrogen) atoms. The molecule has 0 N–H and O–H groups in total. The Morgan fingerprint density at radius 2 is 1.55 bits per heavy atom. The summed E-state index contributed by atoms with van der Waals surface area (Å²) in [4.78, 5) is 0.0704. The van der Waals surface area contributed by atoms with Gasteiger partial charge in [0.25, 0.3) is 10.1 Å². The van der Waals surface area contributed by atoms with Gasteiger partial charge >= 0.3 is 7.12 Å². The molecule has 1 aliphatic heterocycles. The van der Waals surface area contributed by atoms with Crippen LogP contribution in [-0.2, 0) is 23.6 Å². The largest absolute Gasteiger partial charge is 0.496 e. The van der Waals surface area contributed by atoms with Gasteiger partial charge in [0.15, 0.2) is 0 Å². The first-order valence-corrected chi connectivity index (χ1v) is 7.77. The molecule has 1 aliphatic rings. The van der Waals surface area contributed by atoms with Crippen molar-refractivity contribution in [3.05, 3.63) is 24.3 Å². The molecule has 5 nitrogen and oxygen atoms in total. The van der Waals surface area contributed by atoms with Gasteiger partial charge < -0.3 is 9.31 Å². The maximum Gasteiger partial charge on any atom is 0.496 e. The van der Waals surface area contributed by atoms with E-state index in [0.717, 1.165) is 7.11 Å². The van der Waals surface area contributed by atoms with E-state index < -0.39 is 28.4 Å². The first-order chi connectivity index (χ1) is 9.11. The highest BCUT2D eigenvalue weighted by Crippen LogP contribution is 2.36. The van der Waals surface area contributed by atoms with Gasteiger partial charge in [0.05, 0.1) is 23.2 Å². The smallest absolute Gasteiger partial charge is 0.399 e. The molecule has 1 fully saturated rings. The quantitative estimate of drug-likeness (QED) is 0.622. The third kappa shape index (κ3) is 2.51. The summed E-state index contributed by atoms with van der Waals surface area (Å²) >= 11 is 0. The fourth-order valence-corrected chi connectivity index (χ4v) is 2.84. The Balaban J connectivity index is 2.47. The molecule has 0 saturated carbocycles. The van der Waals surface area contributed by atoms with Crippen molar-refractivity contribution in [3.63, 3.8) is 0 Å². The van der Waals surface area contributed by atoms with E-state index in [2.05, 4.69) is 4.18 Å². The van der Waals surface area contributed by atoms with Crippen LogP contribution in [0.25, 0.3) is 0 Å². The number of hydrogen-bond donors (Lipinski definition) is 0. The topological polar surface area (TPSA) is 61.8 Å². The average molecular weight is 298 g/mol. The lowest BCUT2D eigenvalue weighted by molar-refractivity contribution is 0.00578. The average Bonchev–Trinajstić information content (AvgIpc) is 2.58. The minimum absolute atomic E-state index is 0.0704. The lowest BCUT2D eigenvalue weighted by atomic mass is 9.79. The Bertz CT molecular complexity index is 593. The minimum Gasteiger partial charge on any atom is -0.399 e. The zero-order valence-electron chi connectivity index (χ0n) is 12.3. The van der Waals surface area contributed by atoms with Crippen LogP contribution in [0.1, 0.15) is 27.7 Å². The van der Waals surface area contributed by atoms with Gasteiger partial charge in [0.2, 0.25) is 0 Å². The zero-order chi connectivity index (χ0) is 15.2. The van der Waals surface area contributed by atoms with Crippen molar-refractivity contribution in [1.82, 2.24) is 0 Å². The van der Waals surface area contributed by atoms with E-state index in [4.69, 9.17) is 9.31 Å². The molecule has 110 valence electrons. The molecule has 0 bridgehead atoms. The summed E-state index contributed by atoms with van der Waals surface area (Å²) < 4.78 is 40.3. The summed E-state index contributed by atoms with van der Waals surface area (Å²) in [6, 6.07) is 6.54. The second-order valence-corrected chi connectivity index (χ2v) is 7.43. The van der Waals surface area contributed by atoms with E-state index in [1.165, 1.54) is 6.07 Å². The van der Waals surface area contributed by atoms with Crippen LogP contribution in [0.15, 0.2) is 29.2 Å². The molecule has 7 heteroatoms. The van der Waals surface area contributed by atoms with Crippen LogP contribution in [-0.4, -0.2) is 33.8 Å². The van der Waals surface area contributed by atoms with E-state index in [9.17, 15) is 8.42 Å². The van der Waals surface area contributed by atoms with Crippen LogP contribution < -0.4 is 5.46 Å². The minimum atomic E-state index is -3.80. The first kappa shape index (κ1) is 15.5. The van der Waals surface area contributed by atoms with Gasteiger partial charge in [-0.05, 0) is 33.8 Å². The summed E-state index contributed by atoms with van der Waals surface area (Å²) in [7, 11) is -3.40. The third-order valence-corrected chi connectivity index (χ3v) is 5.26. The molecule has 1 heterocycles. The maximum atomic E-state index is 12.0. The molecular weight excluding hydrogens is 279 g/mol. The normalized spacial score (nSPS) is 21.1. The predicted octanol–water partition coefficient (Wildman–Crippen LogP) is 1.32. The summed E-state index contributed by atoms with van der Waals surface area (Å²) in [5.74, 6) is 0. The van der Waals surface area contributed by atoms with Gasteiger partial charge in [-0.1, -0.05) is 18.2 Å². The second kappa shape index (κ2) is 4.84. The molecule has 0 radical (unpaired) electrons. The van der Waals surface area contributed by atoms with Gasteiger partial charge in [0.1, 0.15) is 0 Å². The highest BCUT2D eigenvalue weighted by atomic mass is 32.2. The van der Waals surface area contributed by atoms with Crippen LogP contribution in [0, 0.1) is 0 Å². The molecule has 0 atom stereocenters. The second-order valence-electron chi connectivity index (χ2n) is 5.75. The highest BCUT2D eigenvalue weighted by molar-refractivity contribution is 7.87. The lowest BCUT2D eigenvalue weighted by Crippen LogP contribution is -2.41. The molecular formula is C13H19BO5S. The monoisotopic (exact) mass is 298 g/mol. The Kier molecular flexibility index (Phi) is 3.75. The van der Waals surface area contributed by atoms with Gasteiger partial charge in [-0.2, -0.15) is 8.42 Å². The molecule has 0 amide bonds. The van der Waals surface area contributed by atoms with Crippen LogP contribution in [0.5, 0.6) is 0 Å². The van der Waals surface area contributed by atoms with Crippen molar-refractivity contribution >= 4 is 22.7 Å². The van der Waals surface area contributed by atoms with E-state index >= 15 is 0 Å². The number of benzene rings is 1. The predicted molar refractivity (Wildman–Crippen MR) is 76.4 cm³/mol. The molecule has 0 aromatic heterocycles. The Labute approximate surface area is 120 Å². The summed E-state index contributed by atoms with van der Waals surface area (Å²) in [6.07, 6.45) is 0. The van der Waals surface area contributed by atoms with Crippen LogP contribution in [0.2, 0.25) is 0 Å². The van der Waals surface area contributed by atoms with Crippen molar-refractivity contribution in [2.75, 3.05) is 7.11 Å². The molecule has 0 spiro atoms.